The monoisotopic (exact) mass is 168 g/mol. The smallest absolute Gasteiger partial charge is 0.00683 e. The van der Waals surface area contributed by atoms with E-state index in [0.717, 1.165) is 12.0 Å². The van der Waals surface area contributed by atoms with Crippen molar-refractivity contribution in [1.29, 1.82) is 0 Å². The van der Waals surface area contributed by atoms with Crippen molar-refractivity contribution < 1.29 is 0 Å². The second-order valence-corrected chi connectivity index (χ2v) is 4.23. The minimum absolute atomic E-state index is 0.890. The SMILES string of the molecule is C1CNCCC(CNC2CC2)C1. The average Bonchev–Trinajstić information content (AvgIpc) is 2.90. The summed E-state index contributed by atoms with van der Waals surface area (Å²) < 4.78 is 0. The van der Waals surface area contributed by atoms with Crippen LogP contribution in [-0.2, 0) is 0 Å². The summed E-state index contributed by atoms with van der Waals surface area (Å²) in [5.41, 5.74) is 0. The third-order valence-corrected chi connectivity index (χ3v) is 2.97. The Morgan fingerprint density at radius 3 is 2.83 bits per heavy atom. The second kappa shape index (κ2) is 4.24. The quantitative estimate of drug-likeness (QED) is 0.660. The minimum atomic E-state index is 0.890. The van der Waals surface area contributed by atoms with Gasteiger partial charge in [0.15, 0.2) is 0 Å². The van der Waals surface area contributed by atoms with Gasteiger partial charge in [-0.3, -0.25) is 0 Å². The van der Waals surface area contributed by atoms with E-state index in [1.165, 1.54) is 51.7 Å². The summed E-state index contributed by atoms with van der Waals surface area (Å²) in [6, 6.07) is 0.890. The zero-order valence-electron chi connectivity index (χ0n) is 7.81. The van der Waals surface area contributed by atoms with Crippen LogP contribution in [0.4, 0.5) is 0 Å². The second-order valence-electron chi connectivity index (χ2n) is 4.23. The molecule has 0 amide bonds. The molecule has 2 rings (SSSR count). The Kier molecular flexibility index (Phi) is 3.01. The first-order chi connectivity index (χ1) is 5.95. The molecule has 0 spiro atoms. The van der Waals surface area contributed by atoms with Crippen LogP contribution >= 0.6 is 0 Å². The first kappa shape index (κ1) is 8.52. The van der Waals surface area contributed by atoms with Crippen LogP contribution in [0.5, 0.6) is 0 Å². The third-order valence-electron chi connectivity index (χ3n) is 2.97. The lowest BCUT2D eigenvalue weighted by atomic mass is 10.0. The van der Waals surface area contributed by atoms with Crippen molar-refractivity contribution >= 4 is 0 Å². The fraction of sp³-hybridized carbons (Fsp3) is 1.00. The van der Waals surface area contributed by atoms with E-state index in [1.807, 2.05) is 0 Å². The summed E-state index contributed by atoms with van der Waals surface area (Å²) in [6.45, 7) is 3.74. The molecule has 1 aliphatic heterocycles. The van der Waals surface area contributed by atoms with Crippen LogP contribution in [0.3, 0.4) is 0 Å². The first-order valence-corrected chi connectivity index (χ1v) is 5.39. The van der Waals surface area contributed by atoms with E-state index in [1.54, 1.807) is 0 Å². The Hall–Kier alpha value is -0.0800. The summed E-state index contributed by atoms with van der Waals surface area (Å²) in [6.07, 6.45) is 7.01. The molecule has 1 unspecified atom stereocenters. The number of hydrogen-bond donors (Lipinski definition) is 2. The molecule has 2 aliphatic rings. The lowest BCUT2D eigenvalue weighted by Crippen LogP contribution is -2.25. The van der Waals surface area contributed by atoms with E-state index in [2.05, 4.69) is 10.6 Å². The van der Waals surface area contributed by atoms with Gasteiger partial charge in [0.1, 0.15) is 0 Å². The number of rotatable bonds is 3. The van der Waals surface area contributed by atoms with Gasteiger partial charge in [0.2, 0.25) is 0 Å². The molecule has 1 saturated carbocycles. The highest BCUT2D eigenvalue weighted by atomic mass is 15.0. The maximum Gasteiger partial charge on any atom is 0.00683 e. The van der Waals surface area contributed by atoms with Crippen molar-refractivity contribution in [3.8, 4) is 0 Å². The zero-order valence-corrected chi connectivity index (χ0v) is 7.81. The molecule has 2 N–H and O–H groups in total. The fourth-order valence-electron chi connectivity index (χ4n) is 1.92. The van der Waals surface area contributed by atoms with Crippen LogP contribution in [0, 0.1) is 5.92 Å². The summed E-state index contributed by atoms with van der Waals surface area (Å²) in [4.78, 5) is 0. The first-order valence-electron chi connectivity index (χ1n) is 5.39. The molecule has 1 saturated heterocycles. The van der Waals surface area contributed by atoms with E-state index in [0.29, 0.717) is 0 Å². The third kappa shape index (κ3) is 2.76. The topological polar surface area (TPSA) is 24.1 Å². The van der Waals surface area contributed by atoms with Gasteiger partial charge in [0, 0.05) is 6.04 Å². The van der Waals surface area contributed by atoms with E-state index < -0.39 is 0 Å². The van der Waals surface area contributed by atoms with Crippen molar-refractivity contribution in [3.05, 3.63) is 0 Å². The van der Waals surface area contributed by atoms with Crippen LogP contribution in [0.1, 0.15) is 32.1 Å². The number of hydrogen-bond acceptors (Lipinski definition) is 2. The van der Waals surface area contributed by atoms with Crippen LogP contribution < -0.4 is 10.6 Å². The van der Waals surface area contributed by atoms with E-state index in [9.17, 15) is 0 Å². The minimum Gasteiger partial charge on any atom is -0.317 e. The van der Waals surface area contributed by atoms with Gasteiger partial charge < -0.3 is 10.6 Å². The zero-order chi connectivity index (χ0) is 8.23. The fourth-order valence-corrected chi connectivity index (χ4v) is 1.92. The lowest BCUT2D eigenvalue weighted by molar-refractivity contribution is 0.433. The van der Waals surface area contributed by atoms with Gasteiger partial charge in [-0.15, -0.1) is 0 Å². The molecule has 0 bridgehead atoms. The summed E-state index contributed by atoms with van der Waals surface area (Å²) in [5, 5.41) is 7.08. The highest BCUT2D eigenvalue weighted by Crippen LogP contribution is 2.20. The Bertz CT molecular complexity index is 124. The Morgan fingerprint density at radius 1 is 1.08 bits per heavy atom. The van der Waals surface area contributed by atoms with Gasteiger partial charge in [-0.25, -0.2) is 0 Å². The molecule has 1 heterocycles. The highest BCUT2D eigenvalue weighted by Gasteiger charge is 2.21. The Labute approximate surface area is 75.1 Å². The Balaban J connectivity index is 1.62. The van der Waals surface area contributed by atoms with Crippen molar-refractivity contribution in [2.75, 3.05) is 19.6 Å². The molecule has 0 aromatic heterocycles. The van der Waals surface area contributed by atoms with Gasteiger partial charge >= 0.3 is 0 Å². The van der Waals surface area contributed by atoms with Gasteiger partial charge in [-0.05, 0) is 57.7 Å². The summed E-state index contributed by atoms with van der Waals surface area (Å²) in [7, 11) is 0. The van der Waals surface area contributed by atoms with Crippen LogP contribution in [0.15, 0.2) is 0 Å². The lowest BCUT2D eigenvalue weighted by Gasteiger charge is -2.13. The largest absolute Gasteiger partial charge is 0.317 e. The molecule has 0 aromatic rings. The van der Waals surface area contributed by atoms with Crippen LogP contribution in [0.2, 0.25) is 0 Å². The molecule has 2 heteroatoms. The normalized spacial score (nSPS) is 31.5. The highest BCUT2D eigenvalue weighted by molar-refractivity contribution is 4.82. The molecule has 1 atom stereocenters. The molecule has 12 heavy (non-hydrogen) atoms. The molecular formula is C10H20N2. The molecule has 70 valence electrons. The molecular weight excluding hydrogens is 148 g/mol. The van der Waals surface area contributed by atoms with Crippen molar-refractivity contribution in [2.45, 2.75) is 38.1 Å². The predicted molar refractivity (Wildman–Crippen MR) is 51.2 cm³/mol. The summed E-state index contributed by atoms with van der Waals surface area (Å²) in [5.74, 6) is 0.945. The van der Waals surface area contributed by atoms with Crippen molar-refractivity contribution in [2.24, 2.45) is 5.92 Å². The predicted octanol–water partition coefficient (Wildman–Crippen LogP) is 1.13. The molecule has 0 aromatic carbocycles. The molecule has 0 radical (unpaired) electrons. The van der Waals surface area contributed by atoms with Gasteiger partial charge in [-0.2, -0.15) is 0 Å². The standard InChI is InChI=1S/C10H20N2/c1-2-9(5-7-11-6-1)8-12-10-3-4-10/h9-12H,1-8H2. The maximum absolute atomic E-state index is 3.63. The average molecular weight is 168 g/mol. The summed E-state index contributed by atoms with van der Waals surface area (Å²) >= 11 is 0. The molecule has 2 nitrogen and oxygen atoms in total. The van der Waals surface area contributed by atoms with Gasteiger partial charge in [-0.1, -0.05) is 0 Å². The van der Waals surface area contributed by atoms with E-state index >= 15 is 0 Å². The van der Waals surface area contributed by atoms with Crippen molar-refractivity contribution in [3.63, 3.8) is 0 Å². The van der Waals surface area contributed by atoms with Crippen molar-refractivity contribution in [1.82, 2.24) is 10.6 Å². The van der Waals surface area contributed by atoms with Gasteiger partial charge in [0.25, 0.3) is 0 Å². The van der Waals surface area contributed by atoms with Gasteiger partial charge in [0.05, 0.1) is 0 Å². The number of nitrogens with one attached hydrogen (secondary N) is 2. The molecule has 1 aliphatic carbocycles. The van der Waals surface area contributed by atoms with Crippen LogP contribution in [-0.4, -0.2) is 25.7 Å². The maximum atomic E-state index is 3.63. The van der Waals surface area contributed by atoms with E-state index in [-0.39, 0.29) is 0 Å². The Morgan fingerprint density at radius 2 is 2.00 bits per heavy atom. The van der Waals surface area contributed by atoms with Crippen LogP contribution in [0.25, 0.3) is 0 Å². The van der Waals surface area contributed by atoms with E-state index in [4.69, 9.17) is 0 Å². The molecule has 2 fully saturated rings.